The first-order valence-electron chi connectivity index (χ1n) is 5.85. The molecule has 0 aliphatic heterocycles. The van der Waals surface area contributed by atoms with Gasteiger partial charge in [-0.2, -0.15) is 0 Å². The molecule has 104 valence electrons. The largest absolute Gasteiger partial charge is 0.464 e. The molecule has 0 heterocycles. The van der Waals surface area contributed by atoms with Crippen molar-refractivity contribution in [1.82, 2.24) is 0 Å². The van der Waals surface area contributed by atoms with Crippen molar-refractivity contribution < 1.29 is 18.8 Å². The van der Waals surface area contributed by atoms with Crippen molar-refractivity contribution >= 4 is 5.97 Å². The monoisotopic (exact) mass is 269 g/mol. The Labute approximate surface area is 110 Å². The normalized spacial score (nSPS) is 13.9. The summed E-state index contributed by atoms with van der Waals surface area (Å²) in [6, 6.07) is 3.87. The van der Waals surface area contributed by atoms with Gasteiger partial charge in [-0.15, -0.1) is 0 Å². The number of rotatable bonds is 5. The van der Waals surface area contributed by atoms with Crippen molar-refractivity contribution in [1.29, 1.82) is 0 Å². The summed E-state index contributed by atoms with van der Waals surface area (Å²) in [6.45, 7) is 3.54. The lowest BCUT2D eigenvalue weighted by Gasteiger charge is -2.23. The van der Waals surface area contributed by atoms with E-state index >= 15 is 0 Å². The molecule has 19 heavy (non-hydrogen) atoms. The summed E-state index contributed by atoms with van der Waals surface area (Å²) < 4.78 is 17.4. The maximum Gasteiger partial charge on any atom is 0.382 e. The lowest BCUT2D eigenvalue weighted by Crippen LogP contribution is -2.38. The minimum atomic E-state index is -1.49. The van der Waals surface area contributed by atoms with Gasteiger partial charge in [0.2, 0.25) is 0 Å². The highest BCUT2D eigenvalue weighted by Gasteiger charge is 2.42. The SMILES string of the molecule is COC(=O)C(C(c1ccc(F)cc1)C(C)C)[N+](=O)[O-]. The lowest BCUT2D eigenvalue weighted by atomic mass is 9.82. The predicted molar refractivity (Wildman–Crippen MR) is 66.8 cm³/mol. The molecule has 0 saturated carbocycles. The van der Waals surface area contributed by atoms with E-state index < -0.39 is 28.7 Å². The molecule has 6 heteroatoms. The molecule has 0 amide bonds. The van der Waals surface area contributed by atoms with E-state index in [1.54, 1.807) is 13.8 Å². The number of nitro groups is 1. The van der Waals surface area contributed by atoms with Gasteiger partial charge in [-0.3, -0.25) is 10.1 Å². The third-order valence-electron chi connectivity index (χ3n) is 2.98. The Balaban J connectivity index is 3.21. The fraction of sp³-hybridized carbons (Fsp3) is 0.462. The highest BCUT2D eigenvalue weighted by atomic mass is 19.1. The number of hydrogen-bond acceptors (Lipinski definition) is 4. The van der Waals surface area contributed by atoms with Crippen LogP contribution in [0.25, 0.3) is 0 Å². The molecule has 0 spiro atoms. The van der Waals surface area contributed by atoms with Crippen LogP contribution in [0.1, 0.15) is 25.3 Å². The second-order valence-corrected chi connectivity index (χ2v) is 4.57. The lowest BCUT2D eigenvalue weighted by molar-refractivity contribution is -0.515. The summed E-state index contributed by atoms with van der Waals surface area (Å²) in [6.07, 6.45) is 0. The third-order valence-corrected chi connectivity index (χ3v) is 2.98. The van der Waals surface area contributed by atoms with Crippen molar-refractivity contribution in [2.24, 2.45) is 5.92 Å². The molecule has 0 aliphatic carbocycles. The van der Waals surface area contributed by atoms with Crippen LogP contribution in [-0.4, -0.2) is 24.0 Å². The average Bonchev–Trinajstić information content (AvgIpc) is 2.35. The summed E-state index contributed by atoms with van der Waals surface area (Å²) in [7, 11) is 1.11. The third kappa shape index (κ3) is 3.49. The van der Waals surface area contributed by atoms with Gasteiger partial charge in [-0.1, -0.05) is 26.0 Å². The molecule has 0 N–H and O–H groups in total. The number of nitrogens with zero attached hydrogens (tertiary/aromatic N) is 1. The standard InChI is InChI=1S/C13H16FNO4/c1-8(2)11(9-4-6-10(14)7-5-9)12(15(17)18)13(16)19-3/h4-8,11-12H,1-3H3. The Morgan fingerprint density at radius 3 is 2.21 bits per heavy atom. The first-order chi connectivity index (χ1) is 8.88. The van der Waals surface area contributed by atoms with Crippen LogP contribution in [0.2, 0.25) is 0 Å². The topological polar surface area (TPSA) is 69.4 Å². The highest BCUT2D eigenvalue weighted by Crippen LogP contribution is 2.30. The van der Waals surface area contributed by atoms with Gasteiger partial charge in [0.1, 0.15) is 5.82 Å². The fourth-order valence-corrected chi connectivity index (χ4v) is 2.10. The zero-order chi connectivity index (χ0) is 14.6. The zero-order valence-electron chi connectivity index (χ0n) is 11.0. The quantitative estimate of drug-likeness (QED) is 0.467. The van der Waals surface area contributed by atoms with Gasteiger partial charge in [0.25, 0.3) is 0 Å². The number of halogens is 1. The molecular formula is C13H16FNO4. The number of carbonyl (C=O) groups excluding carboxylic acids is 1. The molecular weight excluding hydrogens is 253 g/mol. The van der Waals surface area contributed by atoms with Gasteiger partial charge in [0.15, 0.2) is 0 Å². The second-order valence-electron chi connectivity index (χ2n) is 4.57. The number of carbonyl (C=O) groups is 1. The molecule has 1 rings (SSSR count). The molecule has 0 fully saturated rings. The fourth-order valence-electron chi connectivity index (χ4n) is 2.10. The molecule has 0 aromatic heterocycles. The minimum Gasteiger partial charge on any atom is -0.464 e. The van der Waals surface area contributed by atoms with E-state index in [1.807, 2.05) is 0 Å². The number of esters is 1. The number of benzene rings is 1. The highest BCUT2D eigenvalue weighted by molar-refractivity contribution is 5.75. The average molecular weight is 269 g/mol. The van der Waals surface area contributed by atoms with Gasteiger partial charge >= 0.3 is 12.0 Å². The van der Waals surface area contributed by atoms with Crippen molar-refractivity contribution in [2.45, 2.75) is 25.8 Å². The van der Waals surface area contributed by atoms with Gasteiger partial charge in [0, 0.05) is 4.92 Å². The Morgan fingerprint density at radius 1 is 1.32 bits per heavy atom. The molecule has 2 unspecified atom stereocenters. The van der Waals surface area contributed by atoms with Gasteiger partial charge in [-0.25, -0.2) is 9.18 Å². The van der Waals surface area contributed by atoms with Crippen molar-refractivity contribution in [3.8, 4) is 0 Å². The van der Waals surface area contributed by atoms with Crippen molar-refractivity contribution in [3.63, 3.8) is 0 Å². The maximum absolute atomic E-state index is 12.9. The van der Waals surface area contributed by atoms with Crippen LogP contribution in [0.3, 0.4) is 0 Å². The summed E-state index contributed by atoms with van der Waals surface area (Å²) in [5.41, 5.74) is 0.545. The molecule has 2 atom stereocenters. The molecule has 0 aliphatic rings. The van der Waals surface area contributed by atoms with Gasteiger partial charge in [-0.05, 0) is 23.6 Å². The van der Waals surface area contributed by atoms with Gasteiger partial charge in [0.05, 0.1) is 13.0 Å². The first-order valence-corrected chi connectivity index (χ1v) is 5.85. The van der Waals surface area contributed by atoms with Crippen molar-refractivity contribution in [2.75, 3.05) is 7.11 Å². The molecule has 0 radical (unpaired) electrons. The first kappa shape index (κ1) is 15.1. The van der Waals surface area contributed by atoms with E-state index in [1.165, 1.54) is 24.3 Å². The molecule has 0 saturated heterocycles. The van der Waals surface area contributed by atoms with E-state index in [2.05, 4.69) is 4.74 Å². The van der Waals surface area contributed by atoms with E-state index in [-0.39, 0.29) is 5.92 Å². The van der Waals surface area contributed by atoms with Crippen LogP contribution in [0.15, 0.2) is 24.3 Å². The van der Waals surface area contributed by atoms with Crippen LogP contribution in [0, 0.1) is 21.8 Å². The Hall–Kier alpha value is -1.98. The summed E-state index contributed by atoms with van der Waals surface area (Å²) in [5.74, 6) is -2.15. The number of methoxy groups -OCH3 is 1. The molecule has 1 aromatic carbocycles. The summed E-state index contributed by atoms with van der Waals surface area (Å²) >= 11 is 0. The van der Waals surface area contributed by atoms with Crippen LogP contribution in [0.4, 0.5) is 4.39 Å². The Morgan fingerprint density at radius 2 is 1.84 bits per heavy atom. The van der Waals surface area contributed by atoms with Crippen LogP contribution >= 0.6 is 0 Å². The Bertz CT molecular complexity index is 458. The molecule has 1 aromatic rings. The number of ether oxygens (including phenoxy) is 1. The molecule has 5 nitrogen and oxygen atoms in total. The van der Waals surface area contributed by atoms with Crippen LogP contribution in [0.5, 0.6) is 0 Å². The van der Waals surface area contributed by atoms with Crippen LogP contribution < -0.4 is 0 Å². The smallest absolute Gasteiger partial charge is 0.382 e. The van der Waals surface area contributed by atoms with E-state index in [0.717, 1.165) is 7.11 Å². The zero-order valence-corrected chi connectivity index (χ0v) is 11.0. The van der Waals surface area contributed by atoms with E-state index in [0.29, 0.717) is 5.56 Å². The number of hydrogen-bond donors (Lipinski definition) is 0. The van der Waals surface area contributed by atoms with Crippen LogP contribution in [-0.2, 0) is 9.53 Å². The van der Waals surface area contributed by atoms with Crippen molar-refractivity contribution in [3.05, 3.63) is 45.8 Å². The van der Waals surface area contributed by atoms with Gasteiger partial charge < -0.3 is 4.74 Å². The second kappa shape index (κ2) is 6.26. The molecule has 0 bridgehead atoms. The predicted octanol–water partition coefficient (Wildman–Crippen LogP) is 2.38. The minimum absolute atomic E-state index is 0.167. The summed E-state index contributed by atoms with van der Waals surface area (Å²) in [5, 5.41) is 11.1. The van der Waals surface area contributed by atoms with E-state index in [9.17, 15) is 19.3 Å². The summed E-state index contributed by atoms with van der Waals surface area (Å²) in [4.78, 5) is 22.1. The Kier molecular flexibility index (Phi) is 4.97. The van der Waals surface area contributed by atoms with E-state index in [4.69, 9.17) is 0 Å². The maximum atomic E-state index is 12.9.